The van der Waals surface area contributed by atoms with Crippen molar-refractivity contribution in [2.75, 3.05) is 19.8 Å². The molecule has 1 aromatic carbocycles. The molecule has 1 aliphatic carbocycles. The van der Waals surface area contributed by atoms with Crippen LogP contribution < -0.4 is 5.73 Å². The van der Waals surface area contributed by atoms with Crippen LogP contribution in [0, 0.1) is 5.41 Å². The van der Waals surface area contributed by atoms with Gasteiger partial charge in [-0.3, -0.25) is 4.57 Å². The fourth-order valence-electron chi connectivity index (χ4n) is 3.11. The van der Waals surface area contributed by atoms with Crippen molar-refractivity contribution in [3.05, 3.63) is 35.9 Å². The first kappa shape index (κ1) is 15.7. The average molecular weight is 297 g/mol. The molecule has 0 amide bonds. The molecule has 0 radical (unpaired) electrons. The van der Waals surface area contributed by atoms with Crippen molar-refractivity contribution in [2.45, 2.75) is 32.3 Å². The summed E-state index contributed by atoms with van der Waals surface area (Å²) >= 11 is 0. The van der Waals surface area contributed by atoms with Crippen LogP contribution in [0.4, 0.5) is 0 Å². The lowest BCUT2D eigenvalue weighted by atomic mass is 10.0. The third-order valence-electron chi connectivity index (χ3n) is 4.29. The van der Waals surface area contributed by atoms with Gasteiger partial charge in [0.05, 0.1) is 13.2 Å². The predicted octanol–water partition coefficient (Wildman–Crippen LogP) is 3.52. The molecule has 0 bridgehead atoms. The van der Waals surface area contributed by atoms with E-state index in [0.29, 0.717) is 19.8 Å². The van der Waals surface area contributed by atoms with Crippen molar-refractivity contribution in [1.29, 1.82) is 0 Å². The Morgan fingerprint density at radius 1 is 1.20 bits per heavy atom. The standard InChI is InChI=1S/C15H24NO3P/c1-4-18-20(17,19-5-2)15(11-14(15,3)12-16)13-9-7-6-8-10-13/h6-10H,4-5,11-12,16H2,1-3H3/t14-,15+/m1/s1. The fourth-order valence-corrected chi connectivity index (χ4v) is 6.06. The van der Waals surface area contributed by atoms with Crippen molar-refractivity contribution < 1.29 is 13.6 Å². The lowest BCUT2D eigenvalue weighted by molar-refractivity contribution is 0.203. The van der Waals surface area contributed by atoms with E-state index in [4.69, 9.17) is 14.8 Å². The first-order valence-electron chi connectivity index (χ1n) is 7.14. The molecule has 1 fully saturated rings. The Morgan fingerprint density at radius 2 is 1.75 bits per heavy atom. The highest BCUT2D eigenvalue weighted by molar-refractivity contribution is 7.55. The van der Waals surface area contributed by atoms with Gasteiger partial charge in [0.2, 0.25) is 0 Å². The van der Waals surface area contributed by atoms with E-state index >= 15 is 0 Å². The topological polar surface area (TPSA) is 61.5 Å². The van der Waals surface area contributed by atoms with Crippen molar-refractivity contribution >= 4 is 7.60 Å². The van der Waals surface area contributed by atoms with E-state index in [1.54, 1.807) is 0 Å². The lowest BCUT2D eigenvalue weighted by Crippen LogP contribution is -2.25. The molecule has 1 saturated carbocycles. The van der Waals surface area contributed by atoms with E-state index in [9.17, 15) is 4.57 Å². The molecule has 2 rings (SSSR count). The Morgan fingerprint density at radius 3 is 2.15 bits per heavy atom. The second kappa shape index (κ2) is 5.61. The van der Waals surface area contributed by atoms with Gasteiger partial charge in [0.1, 0.15) is 5.16 Å². The summed E-state index contributed by atoms with van der Waals surface area (Å²) in [5, 5.41) is -0.609. The van der Waals surface area contributed by atoms with Gasteiger partial charge in [-0.1, -0.05) is 37.3 Å². The van der Waals surface area contributed by atoms with Crippen LogP contribution in [0.25, 0.3) is 0 Å². The zero-order valence-corrected chi connectivity index (χ0v) is 13.4. The van der Waals surface area contributed by atoms with Gasteiger partial charge in [0, 0.05) is 5.41 Å². The summed E-state index contributed by atoms with van der Waals surface area (Å²) in [5.74, 6) is 0. The van der Waals surface area contributed by atoms with Gasteiger partial charge < -0.3 is 14.8 Å². The molecule has 0 aromatic heterocycles. The molecule has 0 heterocycles. The van der Waals surface area contributed by atoms with Crippen LogP contribution in [0.5, 0.6) is 0 Å². The van der Waals surface area contributed by atoms with E-state index in [1.165, 1.54) is 0 Å². The van der Waals surface area contributed by atoms with Gasteiger partial charge in [-0.05, 0) is 32.4 Å². The maximum atomic E-state index is 13.4. The highest BCUT2D eigenvalue weighted by Gasteiger charge is 2.75. The smallest absolute Gasteiger partial charge is 0.330 e. The molecular weight excluding hydrogens is 273 g/mol. The van der Waals surface area contributed by atoms with E-state index in [0.717, 1.165) is 12.0 Å². The minimum atomic E-state index is -3.25. The minimum Gasteiger partial charge on any atom is -0.330 e. The molecule has 0 unspecified atom stereocenters. The molecule has 1 aromatic rings. The molecule has 0 aliphatic heterocycles. The lowest BCUT2D eigenvalue weighted by Gasteiger charge is -2.30. The SMILES string of the molecule is CCOP(=O)(OCC)[C@]1(c2ccccc2)C[C@]1(C)CN. The van der Waals surface area contributed by atoms with E-state index < -0.39 is 12.8 Å². The summed E-state index contributed by atoms with van der Waals surface area (Å²) in [6, 6.07) is 9.84. The number of hydrogen-bond acceptors (Lipinski definition) is 4. The second-order valence-corrected chi connectivity index (χ2v) is 7.78. The summed E-state index contributed by atoms with van der Waals surface area (Å²) in [6.45, 7) is 6.94. The fraction of sp³-hybridized carbons (Fsp3) is 0.600. The van der Waals surface area contributed by atoms with Gasteiger partial charge in [-0.15, -0.1) is 0 Å². The molecule has 2 N–H and O–H groups in total. The largest absolute Gasteiger partial charge is 0.341 e. The number of benzene rings is 1. The van der Waals surface area contributed by atoms with Crippen LogP contribution in [0.15, 0.2) is 30.3 Å². The van der Waals surface area contributed by atoms with Crippen LogP contribution in [0.3, 0.4) is 0 Å². The quantitative estimate of drug-likeness (QED) is 0.782. The van der Waals surface area contributed by atoms with Crippen LogP contribution in [0.2, 0.25) is 0 Å². The molecule has 5 heteroatoms. The Kier molecular flexibility index (Phi) is 4.41. The van der Waals surface area contributed by atoms with E-state index in [2.05, 4.69) is 6.92 Å². The average Bonchev–Trinajstić information content (AvgIpc) is 3.10. The number of rotatable bonds is 7. The molecule has 20 heavy (non-hydrogen) atoms. The normalized spacial score (nSPS) is 29.4. The Hall–Kier alpha value is -0.670. The Labute approximate surface area is 121 Å². The molecule has 4 nitrogen and oxygen atoms in total. The summed E-state index contributed by atoms with van der Waals surface area (Å²) in [5.41, 5.74) is 6.69. The summed E-state index contributed by atoms with van der Waals surface area (Å²) in [7, 11) is -3.25. The third-order valence-corrected chi connectivity index (χ3v) is 7.37. The Bertz CT molecular complexity index is 497. The van der Waals surface area contributed by atoms with Crippen molar-refractivity contribution in [3.8, 4) is 0 Å². The second-order valence-electron chi connectivity index (χ2n) is 5.50. The van der Waals surface area contributed by atoms with E-state index in [1.807, 2.05) is 44.2 Å². The summed E-state index contributed by atoms with van der Waals surface area (Å²) in [4.78, 5) is 0. The Balaban J connectivity index is 2.52. The van der Waals surface area contributed by atoms with Crippen LogP contribution in [0.1, 0.15) is 32.8 Å². The zero-order chi connectivity index (χ0) is 14.9. The monoisotopic (exact) mass is 297 g/mol. The molecule has 0 saturated heterocycles. The maximum Gasteiger partial charge on any atom is 0.341 e. The predicted molar refractivity (Wildman–Crippen MR) is 80.8 cm³/mol. The maximum absolute atomic E-state index is 13.4. The van der Waals surface area contributed by atoms with Gasteiger partial charge in [0.15, 0.2) is 0 Å². The van der Waals surface area contributed by atoms with Gasteiger partial charge in [0.25, 0.3) is 0 Å². The van der Waals surface area contributed by atoms with Crippen molar-refractivity contribution in [3.63, 3.8) is 0 Å². The number of hydrogen-bond donors (Lipinski definition) is 1. The van der Waals surface area contributed by atoms with Crippen molar-refractivity contribution in [1.82, 2.24) is 0 Å². The van der Waals surface area contributed by atoms with Crippen LogP contribution in [-0.2, 0) is 18.8 Å². The van der Waals surface area contributed by atoms with Gasteiger partial charge >= 0.3 is 7.60 Å². The van der Waals surface area contributed by atoms with Gasteiger partial charge in [-0.2, -0.15) is 0 Å². The van der Waals surface area contributed by atoms with Crippen LogP contribution in [-0.4, -0.2) is 19.8 Å². The molecule has 0 spiro atoms. The zero-order valence-electron chi connectivity index (χ0n) is 12.5. The minimum absolute atomic E-state index is 0.242. The molecule has 112 valence electrons. The number of nitrogens with two attached hydrogens (primary N) is 1. The summed E-state index contributed by atoms with van der Waals surface area (Å²) < 4.78 is 24.6. The highest BCUT2D eigenvalue weighted by Crippen LogP contribution is 2.84. The highest BCUT2D eigenvalue weighted by atomic mass is 31.2. The molecule has 1 aliphatic rings. The molecule has 2 atom stereocenters. The first-order chi connectivity index (χ1) is 9.49. The van der Waals surface area contributed by atoms with Gasteiger partial charge in [-0.25, -0.2) is 0 Å². The van der Waals surface area contributed by atoms with Crippen LogP contribution >= 0.6 is 7.60 Å². The summed E-state index contributed by atoms with van der Waals surface area (Å²) in [6.07, 6.45) is 0.734. The third kappa shape index (κ3) is 2.15. The molecular formula is C15H24NO3P. The first-order valence-corrected chi connectivity index (χ1v) is 8.69. The van der Waals surface area contributed by atoms with E-state index in [-0.39, 0.29) is 5.41 Å². The van der Waals surface area contributed by atoms with Crippen molar-refractivity contribution in [2.24, 2.45) is 11.1 Å².